The Hall–Kier alpha value is -0.160. The highest BCUT2D eigenvalue weighted by atomic mass is 15.1. The summed E-state index contributed by atoms with van der Waals surface area (Å²) in [5, 5.41) is 7.05. The maximum Gasteiger partial charge on any atom is 0.0222 e. The van der Waals surface area contributed by atoms with Gasteiger partial charge in [0.1, 0.15) is 0 Å². The summed E-state index contributed by atoms with van der Waals surface area (Å²) in [5.41, 5.74) is 11.7. The minimum Gasteiger partial charge on any atom is -0.327 e. The number of nitrogens with two attached hydrogens (primary N) is 2. The Morgan fingerprint density at radius 2 is 1.14 bits per heavy atom. The van der Waals surface area contributed by atoms with Crippen LogP contribution in [-0.4, -0.2) is 37.3 Å². The molecule has 0 radical (unpaired) electrons. The molecule has 4 nitrogen and oxygen atoms in total. The molecule has 0 aromatic carbocycles. The largest absolute Gasteiger partial charge is 0.327 e. The van der Waals surface area contributed by atoms with Gasteiger partial charge in [-0.2, -0.15) is 0 Å². The van der Waals surface area contributed by atoms with E-state index in [0.717, 1.165) is 25.9 Å². The molecule has 6 N–H and O–H groups in total. The fraction of sp³-hybridized carbons (Fsp3) is 1.00. The van der Waals surface area contributed by atoms with Crippen LogP contribution in [0.1, 0.15) is 25.7 Å². The van der Waals surface area contributed by atoms with Crippen LogP contribution in [0.3, 0.4) is 0 Å². The SMILES string of the molecule is NC1CCC(C2CCC(N)CN2)NC1. The van der Waals surface area contributed by atoms with Crippen molar-refractivity contribution in [1.82, 2.24) is 10.6 Å². The van der Waals surface area contributed by atoms with Crippen LogP contribution in [0.15, 0.2) is 0 Å². The average molecular weight is 198 g/mol. The molecule has 0 saturated carbocycles. The van der Waals surface area contributed by atoms with Crippen molar-refractivity contribution < 1.29 is 0 Å². The highest BCUT2D eigenvalue weighted by Crippen LogP contribution is 2.16. The predicted octanol–water partition coefficient (Wildman–Crippen LogP) is -0.855. The van der Waals surface area contributed by atoms with Crippen LogP contribution in [0.25, 0.3) is 0 Å². The summed E-state index contributed by atoms with van der Waals surface area (Å²) in [6.07, 6.45) is 4.71. The van der Waals surface area contributed by atoms with E-state index in [1.54, 1.807) is 0 Å². The van der Waals surface area contributed by atoms with E-state index < -0.39 is 0 Å². The molecule has 0 aromatic rings. The Bertz CT molecular complexity index is 149. The van der Waals surface area contributed by atoms with Gasteiger partial charge in [0.2, 0.25) is 0 Å². The van der Waals surface area contributed by atoms with E-state index in [1.807, 2.05) is 0 Å². The van der Waals surface area contributed by atoms with Crippen molar-refractivity contribution in [1.29, 1.82) is 0 Å². The summed E-state index contributed by atoms with van der Waals surface area (Å²) >= 11 is 0. The summed E-state index contributed by atoms with van der Waals surface area (Å²) in [5.74, 6) is 0. The minimum absolute atomic E-state index is 0.358. The lowest BCUT2D eigenvalue weighted by molar-refractivity contribution is 0.249. The lowest BCUT2D eigenvalue weighted by Gasteiger charge is -2.37. The lowest BCUT2D eigenvalue weighted by Crippen LogP contribution is -2.58. The number of rotatable bonds is 1. The maximum absolute atomic E-state index is 5.85. The summed E-state index contributed by atoms with van der Waals surface area (Å²) in [4.78, 5) is 0. The monoisotopic (exact) mass is 198 g/mol. The Balaban J connectivity index is 1.78. The fourth-order valence-electron chi connectivity index (χ4n) is 2.49. The van der Waals surface area contributed by atoms with E-state index in [9.17, 15) is 0 Å². The molecular weight excluding hydrogens is 176 g/mol. The van der Waals surface area contributed by atoms with Gasteiger partial charge in [-0.1, -0.05) is 0 Å². The molecule has 2 fully saturated rings. The molecule has 14 heavy (non-hydrogen) atoms. The van der Waals surface area contributed by atoms with Gasteiger partial charge >= 0.3 is 0 Å². The van der Waals surface area contributed by atoms with Crippen LogP contribution in [0.4, 0.5) is 0 Å². The van der Waals surface area contributed by atoms with Crippen molar-refractivity contribution in [3.05, 3.63) is 0 Å². The molecule has 0 aromatic heterocycles. The van der Waals surface area contributed by atoms with Crippen molar-refractivity contribution >= 4 is 0 Å². The van der Waals surface area contributed by atoms with Gasteiger partial charge < -0.3 is 22.1 Å². The topological polar surface area (TPSA) is 76.1 Å². The molecule has 4 unspecified atom stereocenters. The van der Waals surface area contributed by atoms with Gasteiger partial charge in [-0.25, -0.2) is 0 Å². The highest BCUT2D eigenvalue weighted by molar-refractivity contribution is 4.92. The zero-order chi connectivity index (χ0) is 9.97. The maximum atomic E-state index is 5.85. The van der Waals surface area contributed by atoms with Crippen molar-refractivity contribution in [2.45, 2.75) is 49.9 Å². The zero-order valence-electron chi connectivity index (χ0n) is 8.71. The minimum atomic E-state index is 0.358. The number of hydrogen-bond acceptors (Lipinski definition) is 4. The average Bonchev–Trinajstić information content (AvgIpc) is 2.21. The number of piperidine rings is 2. The first kappa shape index (κ1) is 10.4. The molecule has 4 atom stereocenters. The molecule has 4 heteroatoms. The smallest absolute Gasteiger partial charge is 0.0222 e. The Kier molecular flexibility index (Phi) is 3.38. The molecule has 0 aliphatic carbocycles. The van der Waals surface area contributed by atoms with Gasteiger partial charge in [0.05, 0.1) is 0 Å². The molecule has 2 saturated heterocycles. The molecule has 2 heterocycles. The summed E-state index contributed by atoms with van der Waals surface area (Å²) in [6.45, 7) is 1.93. The van der Waals surface area contributed by atoms with Crippen LogP contribution in [-0.2, 0) is 0 Å². The molecule has 2 aliphatic heterocycles. The molecule has 0 spiro atoms. The van der Waals surface area contributed by atoms with E-state index in [0.29, 0.717) is 24.2 Å². The van der Waals surface area contributed by atoms with Gasteiger partial charge in [0.25, 0.3) is 0 Å². The van der Waals surface area contributed by atoms with Gasteiger partial charge in [-0.15, -0.1) is 0 Å². The molecule has 2 rings (SSSR count). The van der Waals surface area contributed by atoms with E-state index in [-0.39, 0.29) is 0 Å². The van der Waals surface area contributed by atoms with Gasteiger partial charge in [-0.3, -0.25) is 0 Å². The normalized spacial score (nSPS) is 45.0. The Morgan fingerprint density at radius 3 is 1.43 bits per heavy atom. The van der Waals surface area contributed by atoms with Crippen molar-refractivity contribution in [2.24, 2.45) is 11.5 Å². The second-order valence-electron chi connectivity index (χ2n) is 4.70. The first-order valence-corrected chi connectivity index (χ1v) is 5.73. The second-order valence-corrected chi connectivity index (χ2v) is 4.70. The van der Waals surface area contributed by atoms with Crippen LogP contribution >= 0.6 is 0 Å². The standard InChI is InChI=1S/C10H22N4/c11-7-1-3-9(13-5-7)10-4-2-8(12)6-14-10/h7-10,13-14H,1-6,11-12H2. The van der Waals surface area contributed by atoms with Crippen LogP contribution < -0.4 is 22.1 Å². The molecule has 82 valence electrons. The molecule has 0 bridgehead atoms. The second kappa shape index (κ2) is 4.57. The quantitative estimate of drug-likeness (QED) is 0.442. The first-order valence-electron chi connectivity index (χ1n) is 5.73. The summed E-state index contributed by atoms with van der Waals surface area (Å²) < 4.78 is 0. The Morgan fingerprint density at radius 1 is 0.714 bits per heavy atom. The van der Waals surface area contributed by atoms with E-state index in [2.05, 4.69) is 10.6 Å². The third kappa shape index (κ3) is 2.45. The highest BCUT2D eigenvalue weighted by Gasteiger charge is 2.28. The number of nitrogens with one attached hydrogen (secondary N) is 2. The van der Waals surface area contributed by atoms with Crippen molar-refractivity contribution in [3.63, 3.8) is 0 Å². The predicted molar refractivity (Wildman–Crippen MR) is 58.0 cm³/mol. The lowest BCUT2D eigenvalue weighted by atomic mass is 9.89. The zero-order valence-corrected chi connectivity index (χ0v) is 8.71. The molecular formula is C10H22N4. The first-order chi connectivity index (χ1) is 6.75. The molecule has 0 amide bonds. The third-order valence-corrected chi connectivity index (χ3v) is 3.47. The van der Waals surface area contributed by atoms with Gasteiger partial charge in [-0.05, 0) is 25.7 Å². The van der Waals surface area contributed by atoms with Crippen LogP contribution in [0.2, 0.25) is 0 Å². The molecule has 2 aliphatic rings. The van der Waals surface area contributed by atoms with Crippen LogP contribution in [0.5, 0.6) is 0 Å². The fourth-order valence-corrected chi connectivity index (χ4v) is 2.49. The summed E-state index contributed by atoms with van der Waals surface area (Å²) in [7, 11) is 0. The van der Waals surface area contributed by atoms with E-state index >= 15 is 0 Å². The summed E-state index contributed by atoms with van der Waals surface area (Å²) in [6, 6.07) is 1.94. The van der Waals surface area contributed by atoms with E-state index in [1.165, 1.54) is 12.8 Å². The van der Waals surface area contributed by atoms with E-state index in [4.69, 9.17) is 11.5 Å². The van der Waals surface area contributed by atoms with Crippen molar-refractivity contribution in [2.75, 3.05) is 13.1 Å². The number of hydrogen-bond donors (Lipinski definition) is 4. The van der Waals surface area contributed by atoms with Crippen LogP contribution in [0, 0.1) is 0 Å². The van der Waals surface area contributed by atoms with Gasteiger partial charge in [0, 0.05) is 37.3 Å². The Labute approximate surface area is 85.8 Å². The van der Waals surface area contributed by atoms with Crippen molar-refractivity contribution in [3.8, 4) is 0 Å². The third-order valence-electron chi connectivity index (χ3n) is 3.47. The van der Waals surface area contributed by atoms with Gasteiger partial charge in [0.15, 0.2) is 0 Å².